The van der Waals surface area contributed by atoms with Gasteiger partial charge in [0.25, 0.3) is 0 Å². The smallest absolute Gasteiger partial charge is 0.228 e. The molecule has 2 N–H and O–H groups in total. The molecule has 1 aromatic rings. The van der Waals surface area contributed by atoms with Gasteiger partial charge in [-0.1, -0.05) is 13.0 Å². The number of carbonyl (C=O) groups excluding carboxylic acids is 1. The molecule has 1 aromatic heterocycles. The maximum Gasteiger partial charge on any atom is 0.228 e. The quantitative estimate of drug-likeness (QED) is 0.896. The normalized spacial score (nSPS) is 15.7. The first-order valence-electron chi connectivity index (χ1n) is 5.61. The van der Waals surface area contributed by atoms with Crippen LogP contribution in [0.1, 0.15) is 12.5 Å². The van der Waals surface area contributed by atoms with Crippen LogP contribution in [0, 0.1) is 18.8 Å². The van der Waals surface area contributed by atoms with Gasteiger partial charge in [-0.25, -0.2) is 4.98 Å². The molecule has 1 amide bonds. The van der Waals surface area contributed by atoms with Gasteiger partial charge >= 0.3 is 0 Å². The Labute approximate surface area is 120 Å². The Kier molecular flexibility index (Phi) is 7.21. The standard InChI is InChI=1S/C12H17N3O.2ClH/c1-8-3-4-11(14-5-8)15-12(16)9(2)10-6-13-7-10;;/h3-5,9-10,13H,6-7H2,1-2H3,(H,14,15,16);2*1H. The zero-order chi connectivity index (χ0) is 11.5. The van der Waals surface area contributed by atoms with Gasteiger partial charge < -0.3 is 10.6 Å². The Morgan fingerprint density at radius 3 is 2.56 bits per heavy atom. The fourth-order valence-corrected chi connectivity index (χ4v) is 1.66. The first-order chi connectivity index (χ1) is 7.66. The number of halogens is 2. The summed E-state index contributed by atoms with van der Waals surface area (Å²) in [7, 11) is 0. The van der Waals surface area contributed by atoms with Crippen LogP contribution in [0.3, 0.4) is 0 Å². The number of amides is 1. The summed E-state index contributed by atoms with van der Waals surface area (Å²) >= 11 is 0. The fourth-order valence-electron chi connectivity index (χ4n) is 1.66. The molecule has 4 nitrogen and oxygen atoms in total. The number of carbonyl (C=O) groups is 1. The number of pyridine rings is 1. The summed E-state index contributed by atoms with van der Waals surface area (Å²) in [5.41, 5.74) is 1.09. The molecule has 1 atom stereocenters. The van der Waals surface area contributed by atoms with Crippen molar-refractivity contribution in [1.82, 2.24) is 10.3 Å². The van der Waals surface area contributed by atoms with Crippen molar-refractivity contribution in [2.24, 2.45) is 11.8 Å². The van der Waals surface area contributed by atoms with Gasteiger partial charge in [-0.2, -0.15) is 0 Å². The summed E-state index contributed by atoms with van der Waals surface area (Å²) in [4.78, 5) is 16.0. The lowest BCUT2D eigenvalue weighted by Crippen LogP contribution is -2.48. The number of nitrogens with zero attached hydrogens (tertiary/aromatic N) is 1. The molecule has 1 aliphatic heterocycles. The summed E-state index contributed by atoms with van der Waals surface area (Å²) in [5.74, 6) is 1.20. The van der Waals surface area contributed by atoms with Gasteiger partial charge in [0, 0.05) is 12.1 Å². The topological polar surface area (TPSA) is 54.0 Å². The number of aryl methyl sites for hydroxylation is 1. The SMILES string of the molecule is Cc1ccc(NC(=O)C(C)C2CNC2)nc1.Cl.Cl. The van der Waals surface area contributed by atoms with Crippen LogP contribution in [-0.2, 0) is 4.79 Å². The Morgan fingerprint density at radius 2 is 2.11 bits per heavy atom. The van der Waals surface area contributed by atoms with Crippen molar-refractivity contribution < 1.29 is 4.79 Å². The molecule has 6 heteroatoms. The molecule has 0 radical (unpaired) electrons. The molecule has 1 fully saturated rings. The zero-order valence-electron chi connectivity index (χ0n) is 10.5. The number of anilines is 1. The molecule has 2 rings (SSSR count). The molecule has 1 saturated heterocycles. The summed E-state index contributed by atoms with van der Waals surface area (Å²) in [5, 5.41) is 6.01. The molecule has 1 aliphatic rings. The van der Waals surface area contributed by atoms with E-state index in [9.17, 15) is 4.79 Å². The number of hydrogen-bond acceptors (Lipinski definition) is 3. The van der Waals surface area contributed by atoms with Gasteiger partial charge in [0.05, 0.1) is 0 Å². The van der Waals surface area contributed by atoms with Crippen molar-refractivity contribution in [1.29, 1.82) is 0 Å². The summed E-state index contributed by atoms with van der Waals surface area (Å²) < 4.78 is 0. The second-order valence-electron chi connectivity index (χ2n) is 4.42. The van der Waals surface area contributed by atoms with E-state index in [-0.39, 0.29) is 36.6 Å². The zero-order valence-corrected chi connectivity index (χ0v) is 12.1. The van der Waals surface area contributed by atoms with E-state index in [0.29, 0.717) is 11.7 Å². The Morgan fingerprint density at radius 1 is 1.44 bits per heavy atom. The van der Waals surface area contributed by atoms with E-state index in [2.05, 4.69) is 15.6 Å². The van der Waals surface area contributed by atoms with Crippen LogP contribution >= 0.6 is 24.8 Å². The highest BCUT2D eigenvalue weighted by Crippen LogP contribution is 2.17. The van der Waals surface area contributed by atoms with E-state index in [1.807, 2.05) is 26.0 Å². The number of aromatic nitrogens is 1. The third kappa shape index (κ3) is 4.12. The predicted octanol–water partition coefficient (Wildman–Crippen LogP) is 2.03. The van der Waals surface area contributed by atoms with E-state index < -0.39 is 0 Å². The second kappa shape index (κ2) is 7.56. The molecule has 0 aromatic carbocycles. The van der Waals surface area contributed by atoms with Crippen molar-refractivity contribution in [3.8, 4) is 0 Å². The molecule has 102 valence electrons. The highest BCUT2D eigenvalue weighted by Gasteiger charge is 2.28. The van der Waals surface area contributed by atoms with E-state index in [4.69, 9.17) is 0 Å². The highest BCUT2D eigenvalue weighted by molar-refractivity contribution is 5.91. The molecule has 0 saturated carbocycles. The van der Waals surface area contributed by atoms with Crippen LogP contribution < -0.4 is 10.6 Å². The minimum Gasteiger partial charge on any atom is -0.316 e. The lowest BCUT2D eigenvalue weighted by molar-refractivity contribution is -0.121. The Bertz CT molecular complexity index is 379. The number of hydrogen-bond donors (Lipinski definition) is 2. The summed E-state index contributed by atoms with van der Waals surface area (Å²) in [6, 6.07) is 3.77. The molecule has 0 aliphatic carbocycles. The number of nitrogens with one attached hydrogen (secondary N) is 2. The largest absolute Gasteiger partial charge is 0.316 e. The second-order valence-corrected chi connectivity index (χ2v) is 4.42. The minimum atomic E-state index is 0. The first kappa shape index (κ1) is 17.2. The summed E-state index contributed by atoms with van der Waals surface area (Å²) in [6.07, 6.45) is 1.76. The van der Waals surface area contributed by atoms with Gasteiger partial charge in [0.1, 0.15) is 5.82 Å². The van der Waals surface area contributed by atoms with Gasteiger partial charge in [0.2, 0.25) is 5.91 Å². The molecular weight excluding hydrogens is 273 g/mol. The Balaban J connectivity index is 0.00000144. The van der Waals surface area contributed by atoms with Gasteiger partial charge in [-0.15, -0.1) is 24.8 Å². The minimum absolute atomic E-state index is 0. The predicted molar refractivity (Wildman–Crippen MR) is 77.6 cm³/mol. The molecule has 2 heterocycles. The van der Waals surface area contributed by atoms with Crippen LogP contribution in [0.5, 0.6) is 0 Å². The summed E-state index contributed by atoms with van der Waals surface area (Å²) in [6.45, 7) is 5.82. The molecule has 0 spiro atoms. The maximum atomic E-state index is 11.9. The third-order valence-electron chi connectivity index (χ3n) is 3.10. The highest BCUT2D eigenvalue weighted by atomic mass is 35.5. The van der Waals surface area contributed by atoms with Crippen molar-refractivity contribution in [2.45, 2.75) is 13.8 Å². The first-order valence-corrected chi connectivity index (χ1v) is 5.61. The van der Waals surface area contributed by atoms with Crippen LogP contribution in [0.4, 0.5) is 5.82 Å². The fraction of sp³-hybridized carbons (Fsp3) is 0.500. The molecular formula is C12H19Cl2N3O. The molecule has 0 bridgehead atoms. The molecule has 1 unspecified atom stereocenters. The van der Waals surface area contributed by atoms with E-state index in [0.717, 1.165) is 18.7 Å². The maximum absolute atomic E-state index is 11.9. The van der Waals surface area contributed by atoms with Crippen LogP contribution in [0.2, 0.25) is 0 Å². The number of rotatable bonds is 3. The van der Waals surface area contributed by atoms with Gasteiger partial charge in [-0.05, 0) is 37.6 Å². The lowest BCUT2D eigenvalue weighted by Gasteiger charge is -2.31. The molecule has 18 heavy (non-hydrogen) atoms. The average molecular weight is 292 g/mol. The van der Waals surface area contributed by atoms with E-state index in [1.54, 1.807) is 6.20 Å². The van der Waals surface area contributed by atoms with Gasteiger partial charge in [-0.3, -0.25) is 4.79 Å². The Hall–Kier alpha value is -0.840. The van der Waals surface area contributed by atoms with Crippen LogP contribution in [0.25, 0.3) is 0 Å². The van der Waals surface area contributed by atoms with Crippen molar-refractivity contribution in [2.75, 3.05) is 18.4 Å². The van der Waals surface area contributed by atoms with Gasteiger partial charge in [0.15, 0.2) is 0 Å². The van der Waals surface area contributed by atoms with Crippen molar-refractivity contribution in [3.05, 3.63) is 23.9 Å². The lowest BCUT2D eigenvalue weighted by atomic mass is 9.88. The van der Waals surface area contributed by atoms with Crippen molar-refractivity contribution in [3.63, 3.8) is 0 Å². The van der Waals surface area contributed by atoms with E-state index >= 15 is 0 Å². The van der Waals surface area contributed by atoms with Crippen molar-refractivity contribution >= 4 is 36.5 Å². The van der Waals surface area contributed by atoms with Crippen LogP contribution in [-0.4, -0.2) is 24.0 Å². The monoisotopic (exact) mass is 291 g/mol. The van der Waals surface area contributed by atoms with Crippen LogP contribution in [0.15, 0.2) is 18.3 Å². The average Bonchev–Trinajstić information content (AvgIpc) is 2.19. The van der Waals surface area contributed by atoms with E-state index in [1.165, 1.54) is 0 Å². The third-order valence-corrected chi connectivity index (χ3v) is 3.10.